The third-order valence-corrected chi connectivity index (χ3v) is 2.55. The molecule has 16 heavy (non-hydrogen) atoms. The van der Waals surface area contributed by atoms with E-state index in [9.17, 15) is 4.79 Å². The summed E-state index contributed by atoms with van der Waals surface area (Å²) in [7, 11) is 0. The lowest BCUT2D eigenvalue weighted by molar-refractivity contribution is -0.121. The number of hydrogen-bond acceptors (Lipinski definition) is 3. The fourth-order valence-electron chi connectivity index (χ4n) is 1.49. The molecule has 0 fully saturated rings. The summed E-state index contributed by atoms with van der Waals surface area (Å²) in [5, 5.41) is 11.4. The monoisotopic (exact) mass is 225 g/mol. The molecule has 0 rings (SSSR count). The van der Waals surface area contributed by atoms with Gasteiger partial charge in [-0.3, -0.25) is 4.79 Å². The van der Waals surface area contributed by atoms with Gasteiger partial charge >= 0.3 is 0 Å². The molecule has 0 saturated heterocycles. The lowest BCUT2D eigenvalue weighted by Gasteiger charge is -2.13. The average molecular weight is 225 g/mol. The van der Waals surface area contributed by atoms with Crippen LogP contribution < -0.4 is 11.1 Å². The van der Waals surface area contributed by atoms with E-state index in [1.807, 2.05) is 6.92 Å². The maximum Gasteiger partial charge on any atom is 0.220 e. The van der Waals surface area contributed by atoms with Crippen LogP contribution in [0.3, 0.4) is 0 Å². The van der Waals surface area contributed by atoms with Gasteiger partial charge in [-0.05, 0) is 25.8 Å². The second-order valence-electron chi connectivity index (χ2n) is 3.99. The van der Waals surface area contributed by atoms with Crippen molar-refractivity contribution in [1.29, 1.82) is 5.26 Å². The Morgan fingerprint density at radius 2 is 2.06 bits per heavy atom. The van der Waals surface area contributed by atoms with Crippen LogP contribution in [0.4, 0.5) is 0 Å². The SMILES string of the molecule is CCC(CC#N)NC(=O)CCCCCCN. The van der Waals surface area contributed by atoms with Gasteiger partial charge in [0.25, 0.3) is 0 Å². The van der Waals surface area contributed by atoms with Crippen molar-refractivity contribution in [2.45, 2.75) is 57.9 Å². The van der Waals surface area contributed by atoms with Gasteiger partial charge in [-0.1, -0.05) is 19.8 Å². The Morgan fingerprint density at radius 3 is 2.62 bits per heavy atom. The zero-order valence-corrected chi connectivity index (χ0v) is 10.2. The number of rotatable bonds is 9. The van der Waals surface area contributed by atoms with E-state index in [1.54, 1.807) is 0 Å². The maximum atomic E-state index is 11.5. The number of nitriles is 1. The molecular formula is C12H23N3O. The van der Waals surface area contributed by atoms with Gasteiger partial charge in [0.15, 0.2) is 0 Å². The molecule has 0 aromatic rings. The van der Waals surface area contributed by atoms with Crippen molar-refractivity contribution < 1.29 is 4.79 Å². The Morgan fingerprint density at radius 1 is 1.38 bits per heavy atom. The zero-order chi connectivity index (χ0) is 12.2. The largest absolute Gasteiger partial charge is 0.352 e. The lowest BCUT2D eigenvalue weighted by Crippen LogP contribution is -2.33. The normalized spacial score (nSPS) is 11.8. The van der Waals surface area contributed by atoms with E-state index in [0.717, 1.165) is 38.6 Å². The molecule has 1 amide bonds. The first-order valence-electron chi connectivity index (χ1n) is 6.11. The minimum Gasteiger partial charge on any atom is -0.352 e. The minimum atomic E-state index is 0.0153. The second-order valence-corrected chi connectivity index (χ2v) is 3.99. The highest BCUT2D eigenvalue weighted by molar-refractivity contribution is 5.76. The number of nitrogens with two attached hydrogens (primary N) is 1. The van der Waals surface area contributed by atoms with Crippen LogP contribution >= 0.6 is 0 Å². The Hall–Kier alpha value is -1.08. The van der Waals surface area contributed by atoms with Crippen molar-refractivity contribution in [3.63, 3.8) is 0 Å². The maximum absolute atomic E-state index is 11.5. The Balaban J connectivity index is 3.53. The Labute approximate surface area is 98.2 Å². The standard InChI is InChI=1S/C12H23N3O/c1-2-11(8-10-14)15-12(16)7-5-3-4-6-9-13/h11H,2-9,13H2,1H3,(H,15,16). The molecule has 0 spiro atoms. The molecule has 92 valence electrons. The van der Waals surface area contributed by atoms with E-state index >= 15 is 0 Å². The van der Waals surface area contributed by atoms with E-state index in [2.05, 4.69) is 11.4 Å². The van der Waals surface area contributed by atoms with Gasteiger partial charge in [-0.2, -0.15) is 5.26 Å². The van der Waals surface area contributed by atoms with E-state index in [-0.39, 0.29) is 11.9 Å². The van der Waals surface area contributed by atoms with E-state index in [1.165, 1.54) is 0 Å². The molecule has 1 atom stereocenters. The van der Waals surface area contributed by atoms with Crippen molar-refractivity contribution >= 4 is 5.91 Å². The van der Waals surface area contributed by atoms with E-state index < -0.39 is 0 Å². The summed E-state index contributed by atoms with van der Waals surface area (Å²) >= 11 is 0. The van der Waals surface area contributed by atoms with Crippen LogP contribution in [0.5, 0.6) is 0 Å². The van der Waals surface area contributed by atoms with Crippen molar-refractivity contribution in [1.82, 2.24) is 5.32 Å². The first kappa shape index (κ1) is 14.9. The fourth-order valence-corrected chi connectivity index (χ4v) is 1.49. The van der Waals surface area contributed by atoms with Crippen LogP contribution in [-0.4, -0.2) is 18.5 Å². The first-order chi connectivity index (χ1) is 7.74. The minimum absolute atomic E-state index is 0.0153. The third kappa shape index (κ3) is 8.25. The topological polar surface area (TPSA) is 78.9 Å². The molecule has 4 heteroatoms. The van der Waals surface area contributed by atoms with Crippen molar-refractivity contribution in [2.75, 3.05) is 6.54 Å². The van der Waals surface area contributed by atoms with Crippen LogP contribution in [0.25, 0.3) is 0 Å². The first-order valence-corrected chi connectivity index (χ1v) is 6.11. The van der Waals surface area contributed by atoms with Crippen LogP contribution in [-0.2, 0) is 4.79 Å². The van der Waals surface area contributed by atoms with Gasteiger partial charge < -0.3 is 11.1 Å². The predicted octanol–water partition coefficient (Wildman–Crippen LogP) is 1.70. The van der Waals surface area contributed by atoms with Crippen molar-refractivity contribution in [3.05, 3.63) is 0 Å². The molecule has 0 radical (unpaired) electrons. The summed E-state index contributed by atoms with van der Waals surface area (Å²) in [6.07, 6.45) is 5.87. The number of nitrogens with one attached hydrogen (secondary N) is 1. The van der Waals surface area contributed by atoms with E-state index in [0.29, 0.717) is 12.8 Å². The number of amides is 1. The van der Waals surface area contributed by atoms with Gasteiger partial charge in [-0.15, -0.1) is 0 Å². The summed E-state index contributed by atoms with van der Waals surface area (Å²) in [6.45, 7) is 2.70. The summed E-state index contributed by atoms with van der Waals surface area (Å²) in [6, 6.07) is 2.09. The molecule has 0 bridgehead atoms. The Kier molecular flexibility index (Phi) is 9.73. The molecule has 1 unspecified atom stereocenters. The van der Waals surface area contributed by atoms with Gasteiger partial charge in [0.1, 0.15) is 0 Å². The summed E-state index contributed by atoms with van der Waals surface area (Å²) < 4.78 is 0. The van der Waals surface area contributed by atoms with Crippen molar-refractivity contribution in [3.8, 4) is 6.07 Å². The summed E-state index contributed by atoms with van der Waals surface area (Å²) in [5.74, 6) is 0.0647. The highest BCUT2D eigenvalue weighted by Crippen LogP contribution is 2.03. The summed E-state index contributed by atoms with van der Waals surface area (Å²) in [5.41, 5.74) is 5.38. The molecule has 0 saturated carbocycles. The molecule has 0 heterocycles. The number of carbonyl (C=O) groups excluding carboxylic acids is 1. The second kappa shape index (κ2) is 10.4. The third-order valence-electron chi connectivity index (χ3n) is 2.55. The number of hydrogen-bond donors (Lipinski definition) is 2. The molecule has 0 aliphatic heterocycles. The van der Waals surface area contributed by atoms with Crippen molar-refractivity contribution in [2.24, 2.45) is 5.73 Å². The molecule has 0 aliphatic carbocycles. The lowest BCUT2D eigenvalue weighted by atomic mass is 10.1. The Bertz CT molecular complexity index is 223. The van der Waals surface area contributed by atoms with Crippen LogP contribution in [0.2, 0.25) is 0 Å². The van der Waals surface area contributed by atoms with Gasteiger partial charge in [0, 0.05) is 12.5 Å². The van der Waals surface area contributed by atoms with Gasteiger partial charge in [0.2, 0.25) is 5.91 Å². The molecule has 4 nitrogen and oxygen atoms in total. The number of unbranched alkanes of at least 4 members (excludes halogenated alkanes) is 3. The quantitative estimate of drug-likeness (QED) is 0.586. The van der Waals surface area contributed by atoms with Crippen LogP contribution in [0.1, 0.15) is 51.9 Å². The molecule has 0 aromatic carbocycles. The van der Waals surface area contributed by atoms with E-state index in [4.69, 9.17) is 11.0 Å². The fraction of sp³-hybridized carbons (Fsp3) is 0.833. The highest BCUT2D eigenvalue weighted by atomic mass is 16.1. The smallest absolute Gasteiger partial charge is 0.220 e. The van der Waals surface area contributed by atoms with Gasteiger partial charge in [0.05, 0.1) is 12.5 Å². The summed E-state index contributed by atoms with van der Waals surface area (Å²) in [4.78, 5) is 11.5. The number of nitrogens with zero attached hydrogens (tertiary/aromatic N) is 1. The molecule has 0 aliphatic rings. The predicted molar refractivity (Wildman–Crippen MR) is 64.6 cm³/mol. The average Bonchev–Trinajstić information content (AvgIpc) is 2.28. The van der Waals surface area contributed by atoms with Crippen LogP contribution in [0, 0.1) is 11.3 Å². The zero-order valence-electron chi connectivity index (χ0n) is 10.2. The molecule has 0 aromatic heterocycles. The van der Waals surface area contributed by atoms with Crippen LogP contribution in [0.15, 0.2) is 0 Å². The van der Waals surface area contributed by atoms with Gasteiger partial charge in [-0.25, -0.2) is 0 Å². The highest BCUT2D eigenvalue weighted by Gasteiger charge is 2.08. The molecular weight excluding hydrogens is 202 g/mol. The molecule has 3 N–H and O–H groups in total. The number of carbonyl (C=O) groups is 1.